The summed E-state index contributed by atoms with van der Waals surface area (Å²) in [4.78, 5) is 43.0. The summed E-state index contributed by atoms with van der Waals surface area (Å²) in [6.07, 6.45) is 0. The van der Waals surface area contributed by atoms with Gasteiger partial charge in [-0.15, -0.1) is 0 Å². The molecule has 3 aromatic carbocycles. The van der Waals surface area contributed by atoms with E-state index in [1.165, 1.54) is 11.5 Å². The minimum absolute atomic E-state index is 0.172. The number of carbonyl (C=O) groups excluding carboxylic acids is 2. The summed E-state index contributed by atoms with van der Waals surface area (Å²) in [7, 11) is 0. The highest BCUT2D eigenvalue weighted by atomic mass is 16.2. The maximum atomic E-state index is 13.6. The van der Waals surface area contributed by atoms with Crippen LogP contribution in [-0.4, -0.2) is 21.4 Å². The number of hydrogen-bond donors (Lipinski definition) is 2. The Morgan fingerprint density at radius 1 is 0.882 bits per heavy atom. The minimum atomic E-state index is -0.410. The van der Waals surface area contributed by atoms with Crippen molar-refractivity contribution in [2.45, 2.75) is 34.2 Å². The first-order valence-electron chi connectivity index (χ1n) is 11.0. The second kappa shape index (κ2) is 9.31. The first-order chi connectivity index (χ1) is 16.2. The molecule has 7 nitrogen and oxygen atoms in total. The van der Waals surface area contributed by atoms with E-state index in [4.69, 9.17) is 0 Å². The van der Waals surface area contributed by atoms with Gasteiger partial charge in [-0.05, 0) is 62.2 Å². The van der Waals surface area contributed by atoms with Crippen LogP contribution in [0.25, 0.3) is 22.3 Å². The van der Waals surface area contributed by atoms with Crippen LogP contribution in [0.5, 0.6) is 0 Å². The van der Waals surface area contributed by atoms with Crippen molar-refractivity contribution in [3.05, 3.63) is 87.7 Å². The fourth-order valence-corrected chi connectivity index (χ4v) is 3.88. The van der Waals surface area contributed by atoms with Crippen molar-refractivity contribution in [1.29, 1.82) is 0 Å². The summed E-state index contributed by atoms with van der Waals surface area (Å²) in [5, 5.41) is 5.69. The first kappa shape index (κ1) is 22.9. The molecular weight excluding hydrogens is 428 g/mol. The maximum Gasteiger partial charge on any atom is 0.278 e. The highest BCUT2D eigenvalue weighted by Gasteiger charge is 2.18. The summed E-state index contributed by atoms with van der Waals surface area (Å²) in [5.74, 6) is -0.566. The van der Waals surface area contributed by atoms with Crippen molar-refractivity contribution in [3.8, 4) is 11.3 Å². The molecule has 0 unspecified atom stereocenters. The highest BCUT2D eigenvalue weighted by molar-refractivity contribution is 5.95. The van der Waals surface area contributed by atoms with Crippen LogP contribution in [0.1, 0.15) is 23.6 Å². The lowest BCUT2D eigenvalue weighted by Crippen LogP contribution is -2.30. The van der Waals surface area contributed by atoms with Crippen molar-refractivity contribution < 1.29 is 9.59 Å². The topological polar surface area (TPSA) is 93.1 Å². The fourth-order valence-electron chi connectivity index (χ4n) is 3.88. The Hall–Kier alpha value is -4.26. The minimum Gasteiger partial charge on any atom is -0.326 e. The van der Waals surface area contributed by atoms with Gasteiger partial charge < -0.3 is 10.6 Å². The SMILES string of the molecule is CC(=O)Nc1ccc(C)cc1-c1nc2ccccc2n(CC(=O)Nc2cc(C)ccc2C)c1=O. The second-order valence-electron chi connectivity index (χ2n) is 8.44. The Kier molecular flexibility index (Phi) is 6.27. The number of nitrogens with one attached hydrogen (secondary N) is 2. The normalized spacial score (nSPS) is 10.8. The van der Waals surface area contributed by atoms with E-state index in [2.05, 4.69) is 15.6 Å². The van der Waals surface area contributed by atoms with Crippen LogP contribution < -0.4 is 16.2 Å². The van der Waals surface area contributed by atoms with Crippen molar-refractivity contribution >= 4 is 34.2 Å². The third kappa shape index (κ3) is 4.73. The monoisotopic (exact) mass is 454 g/mol. The highest BCUT2D eigenvalue weighted by Crippen LogP contribution is 2.27. The van der Waals surface area contributed by atoms with Gasteiger partial charge in [0.2, 0.25) is 11.8 Å². The Morgan fingerprint density at radius 2 is 1.59 bits per heavy atom. The second-order valence-corrected chi connectivity index (χ2v) is 8.44. The van der Waals surface area contributed by atoms with Crippen LogP contribution in [0.4, 0.5) is 11.4 Å². The molecule has 0 aliphatic carbocycles. The van der Waals surface area contributed by atoms with Gasteiger partial charge in [0, 0.05) is 18.2 Å². The molecule has 0 atom stereocenters. The summed E-state index contributed by atoms with van der Waals surface area (Å²) in [5.41, 5.74) is 5.48. The van der Waals surface area contributed by atoms with Crippen LogP contribution in [0.15, 0.2) is 65.5 Å². The zero-order valence-corrected chi connectivity index (χ0v) is 19.6. The number of benzene rings is 3. The summed E-state index contributed by atoms with van der Waals surface area (Å²) in [6.45, 7) is 7.01. The summed E-state index contributed by atoms with van der Waals surface area (Å²) >= 11 is 0. The maximum absolute atomic E-state index is 13.6. The van der Waals surface area contributed by atoms with E-state index in [1.807, 2.05) is 57.2 Å². The summed E-state index contributed by atoms with van der Waals surface area (Å²) < 4.78 is 1.43. The molecule has 172 valence electrons. The van der Waals surface area contributed by atoms with Crippen LogP contribution in [0, 0.1) is 20.8 Å². The first-order valence-corrected chi connectivity index (χ1v) is 11.0. The zero-order chi connectivity index (χ0) is 24.4. The predicted molar refractivity (Wildman–Crippen MR) is 135 cm³/mol. The number of aryl methyl sites for hydroxylation is 3. The molecule has 4 rings (SSSR count). The van der Waals surface area contributed by atoms with Crippen LogP contribution >= 0.6 is 0 Å². The number of anilines is 2. The van der Waals surface area contributed by atoms with Crippen LogP contribution in [-0.2, 0) is 16.1 Å². The van der Waals surface area contributed by atoms with Crippen molar-refractivity contribution in [3.63, 3.8) is 0 Å². The Bertz CT molecular complexity index is 1490. The van der Waals surface area contributed by atoms with Gasteiger partial charge in [-0.25, -0.2) is 4.98 Å². The number of carbonyl (C=O) groups is 2. The lowest BCUT2D eigenvalue weighted by Gasteiger charge is -2.15. The number of para-hydroxylation sites is 2. The van der Waals surface area contributed by atoms with Gasteiger partial charge in [0.1, 0.15) is 12.2 Å². The van der Waals surface area contributed by atoms with E-state index in [9.17, 15) is 14.4 Å². The molecule has 0 bridgehead atoms. The average molecular weight is 455 g/mol. The molecular formula is C27H26N4O3. The molecule has 0 radical (unpaired) electrons. The van der Waals surface area contributed by atoms with Gasteiger partial charge in [-0.1, -0.05) is 35.9 Å². The van der Waals surface area contributed by atoms with E-state index in [1.54, 1.807) is 24.3 Å². The molecule has 0 aliphatic heterocycles. The van der Waals surface area contributed by atoms with E-state index < -0.39 is 5.56 Å². The van der Waals surface area contributed by atoms with Crippen molar-refractivity contribution in [1.82, 2.24) is 9.55 Å². The van der Waals surface area contributed by atoms with Gasteiger partial charge in [-0.2, -0.15) is 0 Å². The number of nitrogens with zero attached hydrogens (tertiary/aromatic N) is 2. The van der Waals surface area contributed by atoms with Gasteiger partial charge >= 0.3 is 0 Å². The standard InChI is InChI=1S/C27H26N4O3/c1-16-10-12-21(28-19(4)32)20(13-16)26-27(34)31(24-8-6-5-7-22(24)30-26)15-25(33)29-23-14-17(2)9-11-18(23)3/h5-14H,15H2,1-4H3,(H,28,32)(H,29,33). The largest absolute Gasteiger partial charge is 0.326 e. The third-order valence-electron chi connectivity index (χ3n) is 5.56. The van der Waals surface area contributed by atoms with Gasteiger partial charge in [0.25, 0.3) is 5.56 Å². The predicted octanol–water partition coefficient (Wildman–Crippen LogP) is 4.59. The average Bonchev–Trinajstić information content (AvgIpc) is 2.79. The van der Waals surface area contributed by atoms with E-state index in [-0.39, 0.29) is 24.1 Å². The Labute approximate surface area is 197 Å². The number of amides is 2. The van der Waals surface area contributed by atoms with E-state index >= 15 is 0 Å². The lowest BCUT2D eigenvalue weighted by atomic mass is 10.1. The smallest absolute Gasteiger partial charge is 0.278 e. The molecule has 0 fully saturated rings. The molecule has 1 aromatic heterocycles. The molecule has 7 heteroatoms. The molecule has 2 N–H and O–H groups in total. The Morgan fingerprint density at radius 3 is 2.35 bits per heavy atom. The van der Waals surface area contributed by atoms with Gasteiger partial charge in [0.05, 0.1) is 16.7 Å². The summed E-state index contributed by atoms with van der Waals surface area (Å²) in [6, 6.07) is 18.4. The fraction of sp³-hybridized carbons (Fsp3) is 0.185. The van der Waals surface area contributed by atoms with Crippen LogP contribution in [0.3, 0.4) is 0 Å². The van der Waals surface area contributed by atoms with Gasteiger partial charge in [-0.3, -0.25) is 19.0 Å². The quantitative estimate of drug-likeness (QED) is 0.461. The third-order valence-corrected chi connectivity index (χ3v) is 5.56. The molecule has 0 saturated heterocycles. The van der Waals surface area contributed by atoms with Crippen molar-refractivity contribution in [2.75, 3.05) is 10.6 Å². The molecule has 1 heterocycles. The van der Waals surface area contributed by atoms with E-state index in [0.717, 1.165) is 16.7 Å². The van der Waals surface area contributed by atoms with Gasteiger partial charge in [0.15, 0.2) is 0 Å². The molecule has 2 amide bonds. The van der Waals surface area contributed by atoms with E-state index in [0.29, 0.717) is 28.0 Å². The number of hydrogen-bond acceptors (Lipinski definition) is 4. The molecule has 0 spiro atoms. The molecule has 34 heavy (non-hydrogen) atoms. The lowest BCUT2D eigenvalue weighted by molar-refractivity contribution is -0.117. The molecule has 0 saturated carbocycles. The Balaban J connectivity index is 1.83. The number of rotatable bonds is 5. The number of fused-ring (bicyclic) bond motifs is 1. The number of aromatic nitrogens is 2. The molecule has 4 aromatic rings. The zero-order valence-electron chi connectivity index (χ0n) is 19.6. The van der Waals surface area contributed by atoms with Crippen LogP contribution in [0.2, 0.25) is 0 Å². The van der Waals surface area contributed by atoms with Crippen molar-refractivity contribution in [2.24, 2.45) is 0 Å². The molecule has 0 aliphatic rings.